The van der Waals surface area contributed by atoms with E-state index in [0.717, 1.165) is 12.1 Å². The molecule has 0 aliphatic carbocycles. The van der Waals surface area contributed by atoms with Gasteiger partial charge in [-0.1, -0.05) is 13.8 Å². The van der Waals surface area contributed by atoms with Gasteiger partial charge in [-0.2, -0.15) is 5.10 Å². The number of halogens is 2. The van der Waals surface area contributed by atoms with Crippen molar-refractivity contribution in [1.82, 2.24) is 10.2 Å². The van der Waals surface area contributed by atoms with Gasteiger partial charge in [-0.15, -0.1) is 0 Å². The molecular formula is C18H16F2N2O3. The molecule has 1 heterocycles. The topological polar surface area (TPSA) is 75.2 Å². The Balaban J connectivity index is 2.09. The SMILES string of the molecule is CC(C)[C@H](Oc1ccc(F)cc1F)c1cc2cn[nH]c2cc1C(=O)O. The summed E-state index contributed by atoms with van der Waals surface area (Å²) in [6, 6.07) is 6.14. The van der Waals surface area contributed by atoms with Gasteiger partial charge in [0.25, 0.3) is 0 Å². The number of hydrogen-bond donors (Lipinski definition) is 2. The average molecular weight is 346 g/mol. The van der Waals surface area contributed by atoms with Crippen molar-refractivity contribution in [2.75, 3.05) is 0 Å². The van der Waals surface area contributed by atoms with Crippen LogP contribution in [0.15, 0.2) is 36.5 Å². The zero-order valence-electron chi connectivity index (χ0n) is 13.6. The number of carboxylic acid groups (broad SMARTS) is 1. The predicted octanol–water partition coefficient (Wildman–Crippen LogP) is 4.32. The van der Waals surface area contributed by atoms with Crippen LogP contribution in [0, 0.1) is 17.6 Å². The second kappa shape index (κ2) is 6.51. The Hall–Kier alpha value is -2.96. The number of nitrogens with zero attached hydrogens (tertiary/aromatic N) is 1. The molecule has 1 aromatic heterocycles. The number of carbonyl (C=O) groups is 1. The van der Waals surface area contributed by atoms with Crippen molar-refractivity contribution >= 4 is 16.9 Å². The Morgan fingerprint density at radius 2 is 2.00 bits per heavy atom. The van der Waals surface area contributed by atoms with Crippen LogP contribution in [0.3, 0.4) is 0 Å². The van der Waals surface area contributed by atoms with Crippen molar-refractivity contribution < 1.29 is 23.4 Å². The number of rotatable bonds is 5. The molecule has 3 aromatic rings. The van der Waals surface area contributed by atoms with E-state index in [0.29, 0.717) is 16.5 Å². The highest BCUT2D eigenvalue weighted by atomic mass is 19.1. The Labute approximate surface area is 142 Å². The minimum Gasteiger partial charge on any atom is -0.482 e. The molecule has 0 aliphatic rings. The van der Waals surface area contributed by atoms with Gasteiger partial charge >= 0.3 is 5.97 Å². The molecule has 0 saturated heterocycles. The first-order valence-corrected chi connectivity index (χ1v) is 7.69. The van der Waals surface area contributed by atoms with Crippen molar-refractivity contribution in [2.24, 2.45) is 5.92 Å². The van der Waals surface area contributed by atoms with Crippen LogP contribution < -0.4 is 4.74 Å². The molecule has 0 aliphatic heterocycles. The first-order valence-electron chi connectivity index (χ1n) is 7.69. The molecule has 130 valence electrons. The normalized spacial score (nSPS) is 12.5. The average Bonchev–Trinajstić information content (AvgIpc) is 3.00. The van der Waals surface area contributed by atoms with E-state index < -0.39 is 23.7 Å². The van der Waals surface area contributed by atoms with E-state index in [1.165, 1.54) is 12.1 Å². The van der Waals surface area contributed by atoms with E-state index in [1.807, 2.05) is 13.8 Å². The quantitative estimate of drug-likeness (QED) is 0.722. The lowest BCUT2D eigenvalue weighted by Gasteiger charge is -2.25. The van der Waals surface area contributed by atoms with Gasteiger partial charge in [-0.25, -0.2) is 13.6 Å². The van der Waals surface area contributed by atoms with E-state index in [2.05, 4.69) is 10.2 Å². The molecule has 0 spiro atoms. The number of aromatic nitrogens is 2. The van der Waals surface area contributed by atoms with Crippen molar-refractivity contribution in [2.45, 2.75) is 20.0 Å². The summed E-state index contributed by atoms with van der Waals surface area (Å²) in [6.07, 6.45) is 0.839. The molecule has 2 aromatic carbocycles. The summed E-state index contributed by atoms with van der Waals surface area (Å²) in [5, 5.41) is 16.9. The Bertz CT molecular complexity index is 937. The summed E-state index contributed by atoms with van der Waals surface area (Å²) in [5.74, 6) is -2.97. The molecule has 25 heavy (non-hydrogen) atoms. The molecular weight excluding hydrogens is 330 g/mol. The number of nitrogens with one attached hydrogen (secondary N) is 1. The summed E-state index contributed by atoms with van der Waals surface area (Å²) in [4.78, 5) is 11.7. The van der Waals surface area contributed by atoms with E-state index >= 15 is 0 Å². The molecule has 0 saturated carbocycles. The number of carboxylic acids is 1. The lowest BCUT2D eigenvalue weighted by molar-refractivity contribution is 0.0687. The van der Waals surface area contributed by atoms with E-state index in [-0.39, 0.29) is 17.2 Å². The van der Waals surface area contributed by atoms with Crippen LogP contribution in [0.2, 0.25) is 0 Å². The molecule has 5 nitrogen and oxygen atoms in total. The number of aromatic carboxylic acids is 1. The Morgan fingerprint density at radius 3 is 2.64 bits per heavy atom. The number of ether oxygens (including phenoxy) is 1. The highest BCUT2D eigenvalue weighted by Gasteiger charge is 2.26. The van der Waals surface area contributed by atoms with Crippen molar-refractivity contribution in [3.8, 4) is 5.75 Å². The molecule has 3 rings (SSSR count). The van der Waals surface area contributed by atoms with Crippen LogP contribution in [-0.4, -0.2) is 21.3 Å². The van der Waals surface area contributed by atoms with Gasteiger partial charge in [-0.05, 0) is 30.2 Å². The standard InChI is InChI=1S/C18H16F2N2O3/c1-9(2)17(25-16-4-3-11(19)6-14(16)20)12-5-10-8-21-22-15(10)7-13(12)18(23)24/h3-9,17H,1-2H3,(H,21,22)(H,23,24)/t17-/m0/s1. The number of benzene rings is 2. The fourth-order valence-electron chi connectivity index (χ4n) is 2.70. The summed E-state index contributed by atoms with van der Waals surface area (Å²) in [6.45, 7) is 3.66. The number of H-pyrrole nitrogens is 1. The van der Waals surface area contributed by atoms with Crippen molar-refractivity contribution in [3.63, 3.8) is 0 Å². The van der Waals surface area contributed by atoms with Crippen LogP contribution >= 0.6 is 0 Å². The van der Waals surface area contributed by atoms with Gasteiger partial charge in [0.15, 0.2) is 11.6 Å². The lowest BCUT2D eigenvalue weighted by Crippen LogP contribution is -2.18. The third-order valence-electron chi connectivity index (χ3n) is 3.90. The number of hydrogen-bond acceptors (Lipinski definition) is 3. The molecule has 0 fully saturated rings. The van der Waals surface area contributed by atoms with Crippen LogP contribution in [0.25, 0.3) is 10.9 Å². The Kier molecular flexibility index (Phi) is 4.39. The minimum atomic E-state index is -1.12. The fraction of sp³-hybridized carbons (Fsp3) is 0.222. The summed E-state index contributed by atoms with van der Waals surface area (Å²) in [7, 11) is 0. The molecule has 7 heteroatoms. The molecule has 2 N–H and O–H groups in total. The van der Waals surface area contributed by atoms with Crippen molar-refractivity contribution in [1.29, 1.82) is 0 Å². The first kappa shape index (κ1) is 16.9. The smallest absolute Gasteiger partial charge is 0.336 e. The number of aromatic amines is 1. The zero-order chi connectivity index (χ0) is 18.1. The van der Waals surface area contributed by atoms with E-state index in [9.17, 15) is 18.7 Å². The van der Waals surface area contributed by atoms with Gasteiger partial charge in [0, 0.05) is 17.0 Å². The molecule has 1 atom stereocenters. The fourth-order valence-corrected chi connectivity index (χ4v) is 2.70. The molecule has 0 unspecified atom stereocenters. The van der Waals surface area contributed by atoms with E-state index in [4.69, 9.17) is 4.74 Å². The van der Waals surface area contributed by atoms with Crippen LogP contribution in [0.5, 0.6) is 5.75 Å². The summed E-state index contributed by atoms with van der Waals surface area (Å²) >= 11 is 0. The van der Waals surface area contributed by atoms with Crippen LogP contribution in [0.4, 0.5) is 8.78 Å². The second-order valence-electron chi connectivity index (χ2n) is 6.06. The third-order valence-corrected chi connectivity index (χ3v) is 3.90. The highest BCUT2D eigenvalue weighted by Crippen LogP contribution is 2.34. The first-order chi connectivity index (χ1) is 11.9. The van der Waals surface area contributed by atoms with Crippen LogP contribution in [0.1, 0.15) is 35.9 Å². The maximum atomic E-state index is 14.0. The van der Waals surface area contributed by atoms with E-state index in [1.54, 1.807) is 12.3 Å². The maximum absolute atomic E-state index is 14.0. The summed E-state index contributed by atoms with van der Waals surface area (Å²) < 4.78 is 32.8. The second-order valence-corrected chi connectivity index (χ2v) is 6.06. The predicted molar refractivity (Wildman–Crippen MR) is 87.6 cm³/mol. The van der Waals surface area contributed by atoms with Gasteiger partial charge in [-0.3, -0.25) is 5.10 Å². The Morgan fingerprint density at radius 1 is 1.24 bits per heavy atom. The summed E-state index contributed by atoms with van der Waals surface area (Å²) in [5.41, 5.74) is 1.02. The third kappa shape index (κ3) is 3.31. The monoisotopic (exact) mass is 346 g/mol. The number of fused-ring (bicyclic) bond motifs is 1. The zero-order valence-corrected chi connectivity index (χ0v) is 13.6. The maximum Gasteiger partial charge on any atom is 0.336 e. The highest BCUT2D eigenvalue weighted by molar-refractivity contribution is 5.95. The molecule has 0 bridgehead atoms. The largest absolute Gasteiger partial charge is 0.482 e. The lowest BCUT2D eigenvalue weighted by atomic mass is 9.93. The van der Waals surface area contributed by atoms with Crippen LogP contribution in [-0.2, 0) is 0 Å². The van der Waals surface area contributed by atoms with Gasteiger partial charge in [0.05, 0.1) is 17.3 Å². The molecule has 0 amide bonds. The van der Waals surface area contributed by atoms with Gasteiger partial charge in [0.2, 0.25) is 0 Å². The minimum absolute atomic E-state index is 0.0398. The molecule has 0 radical (unpaired) electrons. The van der Waals surface area contributed by atoms with Gasteiger partial charge in [0.1, 0.15) is 11.9 Å². The van der Waals surface area contributed by atoms with Gasteiger partial charge < -0.3 is 9.84 Å². The van der Waals surface area contributed by atoms with Crippen molar-refractivity contribution in [3.05, 3.63) is 59.3 Å².